The molecule has 0 unspecified atom stereocenters. The van der Waals surface area contributed by atoms with Gasteiger partial charge < -0.3 is 13.7 Å². The molecule has 268 valence electrons. The van der Waals surface area contributed by atoms with Crippen LogP contribution in [-0.2, 0) is 0 Å². The van der Waals surface area contributed by atoms with E-state index in [2.05, 4.69) is 132 Å². The van der Waals surface area contributed by atoms with Crippen LogP contribution in [0.3, 0.4) is 0 Å². The second-order valence-electron chi connectivity index (χ2n) is 14.1. The molecule has 0 aliphatic heterocycles. The van der Waals surface area contributed by atoms with E-state index in [0.717, 1.165) is 100 Å². The summed E-state index contributed by atoms with van der Waals surface area (Å²) in [6.07, 6.45) is 1.82. The molecule has 0 fully saturated rings. The smallest absolute Gasteiger partial charge is 0.227 e. The lowest BCUT2D eigenvalue weighted by molar-refractivity contribution is 0.620. The number of anilines is 3. The lowest BCUT2D eigenvalue weighted by Crippen LogP contribution is -2.09. The third-order valence-electron chi connectivity index (χ3n) is 10.6. The predicted molar refractivity (Wildman–Crippen MR) is 231 cm³/mol. The summed E-state index contributed by atoms with van der Waals surface area (Å²) in [5.74, 6) is 0.595. The maximum absolute atomic E-state index is 6.22. The molecule has 0 atom stereocenters. The molecular formula is C51H32N4O2. The molecule has 11 aromatic rings. The Morgan fingerprint density at radius 3 is 1.75 bits per heavy atom. The molecule has 0 spiro atoms. The van der Waals surface area contributed by atoms with Crippen LogP contribution >= 0.6 is 0 Å². The number of fused-ring (bicyclic) bond motifs is 5. The van der Waals surface area contributed by atoms with E-state index in [0.29, 0.717) is 5.89 Å². The van der Waals surface area contributed by atoms with Crippen LogP contribution in [-0.4, -0.2) is 15.0 Å². The van der Waals surface area contributed by atoms with Crippen LogP contribution < -0.4 is 4.90 Å². The van der Waals surface area contributed by atoms with Gasteiger partial charge in [0.1, 0.15) is 16.7 Å². The molecule has 7 aromatic carbocycles. The molecule has 0 bridgehead atoms. The van der Waals surface area contributed by atoms with Gasteiger partial charge in [-0.05, 0) is 114 Å². The first-order valence-corrected chi connectivity index (χ1v) is 18.9. The molecule has 57 heavy (non-hydrogen) atoms. The van der Waals surface area contributed by atoms with E-state index in [1.807, 2.05) is 66.9 Å². The highest BCUT2D eigenvalue weighted by Crippen LogP contribution is 2.39. The second-order valence-corrected chi connectivity index (χ2v) is 14.1. The summed E-state index contributed by atoms with van der Waals surface area (Å²) in [5.41, 5.74) is 15.3. The Hall–Kier alpha value is -7.83. The third kappa shape index (κ3) is 5.88. The molecule has 0 aliphatic carbocycles. The van der Waals surface area contributed by atoms with E-state index in [-0.39, 0.29) is 0 Å². The highest BCUT2D eigenvalue weighted by atomic mass is 16.3. The van der Waals surface area contributed by atoms with E-state index in [4.69, 9.17) is 23.8 Å². The first kappa shape index (κ1) is 32.6. The zero-order valence-electron chi connectivity index (χ0n) is 30.6. The predicted octanol–water partition coefficient (Wildman–Crippen LogP) is 13.8. The fourth-order valence-electron chi connectivity index (χ4n) is 7.73. The van der Waals surface area contributed by atoms with Gasteiger partial charge in [-0.1, -0.05) is 91.0 Å². The largest absolute Gasteiger partial charge is 0.456 e. The van der Waals surface area contributed by atoms with Crippen LogP contribution in [0.25, 0.3) is 89.0 Å². The van der Waals surface area contributed by atoms with E-state index in [1.165, 1.54) is 0 Å². The van der Waals surface area contributed by atoms with Gasteiger partial charge in [-0.2, -0.15) is 0 Å². The summed E-state index contributed by atoms with van der Waals surface area (Å²) in [7, 11) is 0. The third-order valence-corrected chi connectivity index (χ3v) is 10.6. The normalized spacial score (nSPS) is 11.5. The van der Waals surface area contributed by atoms with Crippen LogP contribution in [0.15, 0.2) is 203 Å². The molecule has 6 nitrogen and oxygen atoms in total. The molecule has 4 aromatic heterocycles. The Labute approximate surface area is 328 Å². The number of benzene rings is 7. The number of pyridine rings is 2. The summed E-state index contributed by atoms with van der Waals surface area (Å²) in [4.78, 5) is 16.7. The van der Waals surface area contributed by atoms with E-state index in [9.17, 15) is 0 Å². The van der Waals surface area contributed by atoms with Crippen molar-refractivity contribution < 1.29 is 8.83 Å². The van der Waals surface area contributed by atoms with Crippen molar-refractivity contribution in [3.05, 3.63) is 194 Å². The van der Waals surface area contributed by atoms with Gasteiger partial charge in [-0.3, -0.25) is 4.98 Å². The van der Waals surface area contributed by atoms with Crippen molar-refractivity contribution in [1.29, 1.82) is 0 Å². The molecular weight excluding hydrogens is 701 g/mol. The quantitative estimate of drug-likeness (QED) is 0.162. The molecule has 0 saturated carbocycles. The van der Waals surface area contributed by atoms with Crippen molar-refractivity contribution in [3.8, 4) is 45.0 Å². The maximum Gasteiger partial charge on any atom is 0.227 e. The zero-order chi connectivity index (χ0) is 37.7. The van der Waals surface area contributed by atoms with E-state index < -0.39 is 0 Å². The molecule has 0 amide bonds. The van der Waals surface area contributed by atoms with E-state index >= 15 is 0 Å². The van der Waals surface area contributed by atoms with Crippen LogP contribution in [0.4, 0.5) is 17.1 Å². The fourth-order valence-corrected chi connectivity index (χ4v) is 7.73. The molecule has 0 radical (unpaired) electrons. The number of rotatable bonds is 7. The molecule has 4 heterocycles. The number of hydrogen-bond acceptors (Lipinski definition) is 6. The van der Waals surface area contributed by atoms with Gasteiger partial charge in [0, 0.05) is 50.7 Å². The molecule has 0 saturated heterocycles. The minimum atomic E-state index is 0.595. The Morgan fingerprint density at radius 1 is 0.386 bits per heavy atom. The van der Waals surface area contributed by atoms with Crippen molar-refractivity contribution in [1.82, 2.24) is 15.0 Å². The zero-order valence-corrected chi connectivity index (χ0v) is 30.6. The average molecular weight is 733 g/mol. The Morgan fingerprint density at radius 2 is 1.00 bits per heavy atom. The molecule has 0 N–H and O–H groups in total. The highest BCUT2D eigenvalue weighted by molar-refractivity contribution is 6.06. The second kappa shape index (κ2) is 13.5. The number of oxazole rings is 1. The lowest BCUT2D eigenvalue weighted by Gasteiger charge is -2.26. The van der Waals surface area contributed by atoms with Crippen LogP contribution in [0.2, 0.25) is 0 Å². The van der Waals surface area contributed by atoms with Crippen molar-refractivity contribution in [2.75, 3.05) is 4.90 Å². The Kier molecular flexibility index (Phi) is 7.71. The first-order chi connectivity index (χ1) is 28.2. The summed E-state index contributed by atoms with van der Waals surface area (Å²) >= 11 is 0. The standard InChI is InChI=1S/C51H32N4O2/c1-2-9-34(10-3-1)43-32-46(53-45-13-8-30-52-50(43)45)35-18-25-39(26-19-35)55(40-27-20-36(21-28-40)51-54-44-12-5-7-15-48(44)57-51)38-23-16-33(17-24-38)37-22-29-42-41-11-4-6-14-47(41)56-49(42)31-37/h1-32H. The fraction of sp³-hybridized carbons (Fsp3) is 0. The summed E-state index contributed by atoms with van der Waals surface area (Å²) in [6.45, 7) is 0. The number of para-hydroxylation sites is 3. The maximum atomic E-state index is 6.22. The number of nitrogens with zero attached hydrogens (tertiary/aromatic N) is 4. The molecule has 6 heteroatoms. The minimum Gasteiger partial charge on any atom is -0.456 e. The van der Waals surface area contributed by atoms with Gasteiger partial charge >= 0.3 is 0 Å². The Balaban J connectivity index is 0.975. The van der Waals surface area contributed by atoms with Crippen molar-refractivity contribution >= 4 is 61.1 Å². The number of aromatic nitrogens is 3. The molecule has 11 rings (SSSR count). The van der Waals surface area contributed by atoms with Crippen molar-refractivity contribution in [2.45, 2.75) is 0 Å². The van der Waals surface area contributed by atoms with Crippen LogP contribution in [0.1, 0.15) is 0 Å². The van der Waals surface area contributed by atoms with Gasteiger partial charge in [0.2, 0.25) is 5.89 Å². The van der Waals surface area contributed by atoms with Gasteiger partial charge in [0.05, 0.1) is 16.7 Å². The topological polar surface area (TPSA) is 68.2 Å². The van der Waals surface area contributed by atoms with Crippen LogP contribution in [0.5, 0.6) is 0 Å². The van der Waals surface area contributed by atoms with Crippen molar-refractivity contribution in [3.63, 3.8) is 0 Å². The summed E-state index contributed by atoms with van der Waals surface area (Å²) in [5, 5.41) is 2.25. The number of hydrogen-bond donors (Lipinski definition) is 0. The molecule has 0 aliphatic rings. The highest BCUT2D eigenvalue weighted by Gasteiger charge is 2.17. The average Bonchev–Trinajstić information content (AvgIpc) is 3.89. The van der Waals surface area contributed by atoms with Gasteiger partial charge in [0.25, 0.3) is 0 Å². The van der Waals surface area contributed by atoms with Gasteiger partial charge in [0.15, 0.2) is 5.58 Å². The summed E-state index contributed by atoms with van der Waals surface area (Å²) < 4.78 is 12.3. The Bertz CT molecular complexity index is 3190. The lowest BCUT2D eigenvalue weighted by atomic mass is 10.0. The minimum absolute atomic E-state index is 0.595. The van der Waals surface area contributed by atoms with Crippen molar-refractivity contribution in [2.24, 2.45) is 0 Å². The monoisotopic (exact) mass is 732 g/mol. The van der Waals surface area contributed by atoms with Gasteiger partial charge in [-0.25, -0.2) is 9.97 Å². The van der Waals surface area contributed by atoms with E-state index in [1.54, 1.807) is 0 Å². The first-order valence-electron chi connectivity index (χ1n) is 18.9. The van der Waals surface area contributed by atoms with Crippen LogP contribution in [0, 0.1) is 0 Å². The summed E-state index contributed by atoms with van der Waals surface area (Å²) in [6, 6.07) is 64.6. The SMILES string of the molecule is c1ccc(-c2cc(-c3ccc(N(c4ccc(-c5ccc6c(c5)oc5ccccc56)cc4)c4ccc(-c5nc6ccccc6o5)cc4)cc3)nc3cccnc23)cc1. The van der Waals surface area contributed by atoms with Gasteiger partial charge in [-0.15, -0.1) is 0 Å². The number of furan rings is 1.